The molecular formula is C12H24NO3P. The smallest absolute Gasteiger partial charge is 0.297 e. The largest absolute Gasteiger partial charge is 0.408 e. The highest BCUT2D eigenvalue weighted by Gasteiger charge is 2.32. The SMILES string of the molecule is C=C(C)CN(CC(=C)C)P(=O)(OCC)OCC. The molecule has 0 aliphatic carbocycles. The summed E-state index contributed by atoms with van der Waals surface area (Å²) in [6.07, 6.45) is 0. The van der Waals surface area contributed by atoms with E-state index in [1.807, 2.05) is 13.8 Å². The molecule has 0 aromatic rings. The molecule has 100 valence electrons. The molecule has 0 radical (unpaired) electrons. The van der Waals surface area contributed by atoms with E-state index in [0.29, 0.717) is 26.3 Å². The molecule has 0 amide bonds. The van der Waals surface area contributed by atoms with E-state index in [1.165, 1.54) is 0 Å². The van der Waals surface area contributed by atoms with E-state index in [9.17, 15) is 4.57 Å². The van der Waals surface area contributed by atoms with Crippen molar-refractivity contribution in [3.05, 3.63) is 24.3 Å². The summed E-state index contributed by atoms with van der Waals surface area (Å²) in [4.78, 5) is 0. The van der Waals surface area contributed by atoms with Crippen LogP contribution >= 0.6 is 7.75 Å². The van der Waals surface area contributed by atoms with Crippen molar-refractivity contribution in [2.24, 2.45) is 0 Å². The summed E-state index contributed by atoms with van der Waals surface area (Å²) >= 11 is 0. The third-order valence-corrected chi connectivity index (χ3v) is 3.98. The number of hydrogen-bond donors (Lipinski definition) is 0. The van der Waals surface area contributed by atoms with Crippen molar-refractivity contribution in [1.29, 1.82) is 0 Å². The summed E-state index contributed by atoms with van der Waals surface area (Å²) in [5.74, 6) is 0. The van der Waals surface area contributed by atoms with Crippen LogP contribution in [-0.4, -0.2) is 31.0 Å². The van der Waals surface area contributed by atoms with Crippen LogP contribution in [0.15, 0.2) is 24.3 Å². The molecule has 0 heterocycles. The van der Waals surface area contributed by atoms with E-state index < -0.39 is 7.75 Å². The standard InChI is InChI=1S/C12H24NO3P/c1-7-15-17(14,16-8-2)13(9-11(3)4)10-12(5)6/h3,5,7-10H2,1-2,4,6H3. The average Bonchev–Trinajstić information content (AvgIpc) is 2.15. The van der Waals surface area contributed by atoms with Crippen LogP contribution in [0.4, 0.5) is 0 Å². The molecule has 0 saturated heterocycles. The van der Waals surface area contributed by atoms with Crippen molar-refractivity contribution >= 4 is 7.75 Å². The van der Waals surface area contributed by atoms with Crippen LogP contribution < -0.4 is 0 Å². The van der Waals surface area contributed by atoms with Crippen LogP contribution in [0, 0.1) is 0 Å². The lowest BCUT2D eigenvalue weighted by Gasteiger charge is -2.29. The summed E-state index contributed by atoms with van der Waals surface area (Å²) < 4.78 is 24.9. The number of hydrogen-bond acceptors (Lipinski definition) is 3. The van der Waals surface area contributed by atoms with Gasteiger partial charge in [-0.15, -0.1) is 0 Å². The van der Waals surface area contributed by atoms with Gasteiger partial charge in [-0.1, -0.05) is 24.3 Å². The fourth-order valence-electron chi connectivity index (χ4n) is 1.38. The Bertz CT molecular complexity index is 289. The van der Waals surface area contributed by atoms with Gasteiger partial charge in [-0.25, -0.2) is 9.24 Å². The normalized spacial score (nSPS) is 11.8. The molecular weight excluding hydrogens is 237 g/mol. The van der Waals surface area contributed by atoms with Gasteiger partial charge < -0.3 is 0 Å². The van der Waals surface area contributed by atoms with Gasteiger partial charge in [0.1, 0.15) is 0 Å². The van der Waals surface area contributed by atoms with Crippen molar-refractivity contribution in [2.45, 2.75) is 27.7 Å². The molecule has 0 fully saturated rings. The molecule has 4 nitrogen and oxygen atoms in total. The third-order valence-electron chi connectivity index (χ3n) is 1.84. The fourth-order valence-corrected chi connectivity index (χ4v) is 3.26. The Morgan fingerprint density at radius 1 is 1.06 bits per heavy atom. The average molecular weight is 261 g/mol. The molecule has 0 saturated carbocycles. The van der Waals surface area contributed by atoms with Crippen molar-refractivity contribution in [1.82, 2.24) is 4.67 Å². The lowest BCUT2D eigenvalue weighted by molar-refractivity contribution is 0.174. The second-order valence-electron chi connectivity index (χ2n) is 4.04. The monoisotopic (exact) mass is 261 g/mol. The van der Waals surface area contributed by atoms with Crippen molar-refractivity contribution in [3.8, 4) is 0 Å². The Morgan fingerprint density at radius 3 is 1.65 bits per heavy atom. The first-order chi connectivity index (χ1) is 7.85. The second kappa shape index (κ2) is 7.83. The minimum atomic E-state index is -3.23. The zero-order chi connectivity index (χ0) is 13.5. The van der Waals surface area contributed by atoms with Gasteiger partial charge in [0.15, 0.2) is 0 Å². The molecule has 0 unspecified atom stereocenters. The molecule has 0 N–H and O–H groups in total. The van der Waals surface area contributed by atoms with E-state index >= 15 is 0 Å². The van der Waals surface area contributed by atoms with Gasteiger partial charge in [-0.05, 0) is 27.7 Å². The Morgan fingerprint density at radius 2 is 1.41 bits per heavy atom. The van der Waals surface area contributed by atoms with E-state index in [0.717, 1.165) is 11.1 Å². The maximum Gasteiger partial charge on any atom is 0.408 e. The third kappa shape index (κ3) is 6.18. The molecule has 5 heteroatoms. The first-order valence-corrected chi connectivity index (χ1v) is 7.28. The molecule has 0 aliphatic rings. The minimum absolute atomic E-state index is 0.347. The molecule has 0 bridgehead atoms. The quantitative estimate of drug-likeness (QED) is 0.469. The zero-order valence-electron chi connectivity index (χ0n) is 11.4. The van der Waals surface area contributed by atoms with Crippen LogP contribution in [0.3, 0.4) is 0 Å². The van der Waals surface area contributed by atoms with Crippen LogP contribution in [0.5, 0.6) is 0 Å². The molecule has 0 aliphatic heterocycles. The van der Waals surface area contributed by atoms with Gasteiger partial charge in [-0.3, -0.25) is 9.05 Å². The molecule has 0 aromatic carbocycles. The van der Waals surface area contributed by atoms with E-state index in [-0.39, 0.29) is 0 Å². The van der Waals surface area contributed by atoms with Crippen LogP contribution in [-0.2, 0) is 13.6 Å². The molecule has 0 aromatic heterocycles. The first-order valence-electron chi connectivity index (χ1n) is 5.79. The molecule has 17 heavy (non-hydrogen) atoms. The Hall–Kier alpha value is -0.410. The summed E-state index contributed by atoms with van der Waals surface area (Å²) in [6.45, 7) is 16.7. The van der Waals surface area contributed by atoms with Crippen LogP contribution in [0.25, 0.3) is 0 Å². The Kier molecular flexibility index (Phi) is 7.64. The Balaban J connectivity index is 4.97. The summed E-state index contributed by atoms with van der Waals surface area (Å²) in [6, 6.07) is 0. The number of rotatable bonds is 9. The summed E-state index contributed by atoms with van der Waals surface area (Å²) in [7, 11) is -3.23. The maximum atomic E-state index is 12.6. The fraction of sp³-hybridized carbons (Fsp3) is 0.667. The lowest BCUT2D eigenvalue weighted by Crippen LogP contribution is -2.26. The van der Waals surface area contributed by atoms with Gasteiger partial charge in [-0.2, -0.15) is 0 Å². The predicted octanol–water partition coefficient (Wildman–Crippen LogP) is 3.62. The lowest BCUT2D eigenvalue weighted by atomic mass is 10.3. The molecule has 0 atom stereocenters. The number of nitrogens with zero attached hydrogens (tertiary/aromatic N) is 1. The highest BCUT2D eigenvalue weighted by Crippen LogP contribution is 2.52. The Labute approximate surface area is 105 Å². The van der Waals surface area contributed by atoms with E-state index in [2.05, 4.69) is 13.2 Å². The van der Waals surface area contributed by atoms with Crippen molar-refractivity contribution in [3.63, 3.8) is 0 Å². The van der Waals surface area contributed by atoms with Gasteiger partial charge in [0.25, 0.3) is 0 Å². The van der Waals surface area contributed by atoms with Crippen LogP contribution in [0.2, 0.25) is 0 Å². The highest BCUT2D eigenvalue weighted by atomic mass is 31.2. The van der Waals surface area contributed by atoms with Gasteiger partial charge >= 0.3 is 7.75 Å². The minimum Gasteiger partial charge on any atom is -0.297 e. The predicted molar refractivity (Wildman–Crippen MR) is 72.1 cm³/mol. The van der Waals surface area contributed by atoms with Crippen molar-refractivity contribution in [2.75, 3.05) is 26.3 Å². The molecule has 0 rings (SSSR count). The zero-order valence-corrected chi connectivity index (χ0v) is 12.3. The second-order valence-corrected chi connectivity index (χ2v) is 6.06. The topological polar surface area (TPSA) is 38.8 Å². The van der Waals surface area contributed by atoms with Crippen LogP contribution in [0.1, 0.15) is 27.7 Å². The summed E-state index contributed by atoms with van der Waals surface area (Å²) in [5.41, 5.74) is 1.82. The maximum absolute atomic E-state index is 12.6. The summed E-state index contributed by atoms with van der Waals surface area (Å²) in [5, 5.41) is 0. The van der Waals surface area contributed by atoms with Gasteiger partial charge in [0, 0.05) is 13.1 Å². The van der Waals surface area contributed by atoms with E-state index in [4.69, 9.17) is 9.05 Å². The highest BCUT2D eigenvalue weighted by molar-refractivity contribution is 7.51. The first kappa shape index (κ1) is 16.6. The van der Waals surface area contributed by atoms with Gasteiger partial charge in [0.05, 0.1) is 13.2 Å². The van der Waals surface area contributed by atoms with Crippen molar-refractivity contribution < 1.29 is 13.6 Å². The van der Waals surface area contributed by atoms with E-state index in [1.54, 1.807) is 18.5 Å². The van der Waals surface area contributed by atoms with Gasteiger partial charge in [0.2, 0.25) is 0 Å². The molecule has 0 spiro atoms.